The maximum absolute atomic E-state index is 14.1. The number of methoxy groups -OCH3 is 1. The first-order valence-corrected chi connectivity index (χ1v) is 8.48. The zero-order chi connectivity index (χ0) is 18.0. The van der Waals surface area contributed by atoms with Crippen LogP contribution in [0.5, 0.6) is 0 Å². The zero-order valence-corrected chi connectivity index (χ0v) is 14.1. The van der Waals surface area contributed by atoms with E-state index in [1.54, 1.807) is 4.90 Å². The Labute approximate surface area is 145 Å². The number of nitrogens with zero attached hydrogens (tertiary/aromatic N) is 1. The summed E-state index contributed by atoms with van der Waals surface area (Å²) in [5.41, 5.74) is 0.0610. The first kappa shape index (κ1) is 17.4. The molecule has 2 aliphatic rings. The van der Waals surface area contributed by atoms with Gasteiger partial charge in [0.1, 0.15) is 5.82 Å². The zero-order valence-electron chi connectivity index (χ0n) is 14.1. The number of likely N-dealkylation sites (tertiary alicyclic amines) is 1. The van der Waals surface area contributed by atoms with Crippen LogP contribution >= 0.6 is 0 Å². The van der Waals surface area contributed by atoms with Gasteiger partial charge < -0.3 is 15.0 Å². The minimum atomic E-state index is -0.715. The molecular formula is C18H21FN2O4. The number of hydrogen-bond acceptors (Lipinski definition) is 4. The van der Waals surface area contributed by atoms with Crippen LogP contribution < -0.4 is 5.32 Å². The smallest absolute Gasteiger partial charge is 0.337 e. The Kier molecular flexibility index (Phi) is 5.01. The number of ether oxygens (including phenoxy) is 1. The van der Waals surface area contributed by atoms with Gasteiger partial charge in [-0.1, -0.05) is 12.8 Å². The number of carbonyl (C=O) groups is 3. The molecular weight excluding hydrogens is 327 g/mol. The van der Waals surface area contributed by atoms with Crippen molar-refractivity contribution in [2.45, 2.75) is 38.1 Å². The molecule has 0 bridgehead atoms. The van der Waals surface area contributed by atoms with Gasteiger partial charge >= 0.3 is 5.97 Å². The van der Waals surface area contributed by atoms with E-state index in [9.17, 15) is 18.8 Å². The Hall–Kier alpha value is -2.44. The molecule has 1 aliphatic carbocycles. The first-order valence-electron chi connectivity index (χ1n) is 8.48. The molecule has 1 aromatic rings. The highest BCUT2D eigenvalue weighted by atomic mass is 19.1. The van der Waals surface area contributed by atoms with Gasteiger partial charge in [0.2, 0.25) is 11.8 Å². The molecule has 1 heterocycles. The lowest BCUT2D eigenvalue weighted by molar-refractivity contribution is -0.129. The molecule has 1 atom stereocenters. The Morgan fingerprint density at radius 1 is 1.28 bits per heavy atom. The topological polar surface area (TPSA) is 75.7 Å². The van der Waals surface area contributed by atoms with Crippen molar-refractivity contribution in [2.24, 2.45) is 5.92 Å². The second-order valence-corrected chi connectivity index (χ2v) is 6.56. The van der Waals surface area contributed by atoms with Crippen molar-refractivity contribution >= 4 is 23.5 Å². The van der Waals surface area contributed by atoms with Crippen molar-refractivity contribution in [3.8, 4) is 0 Å². The van der Waals surface area contributed by atoms with Crippen LogP contribution in [0.25, 0.3) is 0 Å². The molecule has 0 aromatic heterocycles. The molecule has 1 aliphatic heterocycles. The fourth-order valence-corrected chi connectivity index (χ4v) is 3.57. The van der Waals surface area contributed by atoms with Gasteiger partial charge in [-0.15, -0.1) is 0 Å². The summed E-state index contributed by atoms with van der Waals surface area (Å²) < 4.78 is 18.6. The number of rotatable bonds is 4. The van der Waals surface area contributed by atoms with Crippen molar-refractivity contribution in [3.05, 3.63) is 29.6 Å². The Morgan fingerprint density at radius 3 is 2.64 bits per heavy atom. The highest BCUT2D eigenvalue weighted by molar-refractivity contribution is 5.98. The lowest BCUT2D eigenvalue weighted by Gasteiger charge is -2.23. The van der Waals surface area contributed by atoms with Crippen LogP contribution in [0.2, 0.25) is 0 Å². The molecule has 1 saturated carbocycles. The molecule has 2 fully saturated rings. The molecule has 1 unspecified atom stereocenters. The van der Waals surface area contributed by atoms with Gasteiger partial charge in [-0.2, -0.15) is 0 Å². The van der Waals surface area contributed by atoms with Crippen molar-refractivity contribution in [3.63, 3.8) is 0 Å². The van der Waals surface area contributed by atoms with E-state index in [0.717, 1.165) is 31.7 Å². The fourth-order valence-electron chi connectivity index (χ4n) is 3.57. The normalized spacial score (nSPS) is 20.8. The number of carbonyl (C=O) groups excluding carboxylic acids is 3. The maximum Gasteiger partial charge on any atom is 0.337 e. The van der Waals surface area contributed by atoms with E-state index in [-0.39, 0.29) is 35.5 Å². The molecule has 1 aromatic carbocycles. The Balaban J connectivity index is 1.64. The molecule has 2 amide bonds. The Morgan fingerprint density at radius 2 is 2.00 bits per heavy atom. The fraction of sp³-hybridized carbons (Fsp3) is 0.500. The number of halogens is 1. The van der Waals surface area contributed by atoms with Gasteiger partial charge in [0.05, 0.1) is 24.3 Å². The maximum atomic E-state index is 14.1. The third-order valence-electron chi connectivity index (χ3n) is 4.94. The molecule has 3 rings (SSSR count). The van der Waals surface area contributed by atoms with E-state index >= 15 is 0 Å². The van der Waals surface area contributed by atoms with Crippen LogP contribution in [0.1, 0.15) is 42.5 Å². The van der Waals surface area contributed by atoms with Crippen LogP contribution in [0.15, 0.2) is 18.2 Å². The lowest BCUT2D eigenvalue weighted by atomic mass is 10.1. The number of amides is 2. The van der Waals surface area contributed by atoms with Gasteiger partial charge in [0.15, 0.2) is 0 Å². The number of anilines is 1. The Bertz CT molecular complexity index is 700. The van der Waals surface area contributed by atoms with Crippen molar-refractivity contribution in [2.75, 3.05) is 19.0 Å². The highest BCUT2D eigenvalue weighted by Crippen LogP contribution is 2.30. The standard InChI is InChI=1S/C18H21FN2O4/c1-25-18(24)11-6-7-15(14(19)8-11)20-17(23)12-9-16(22)21(10-12)13-4-2-3-5-13/h6-8,12-13H,2-5,9-10H2,1H3,(H,20,23). The second kappa shape index (κ2) is 7.21. The van der Waals surface area contributed by atoms with Crippen molar-refractivity contribution < 1.29 is 23.5 Å². The minimum absolute atomic E-state index is 0.00596. The third-order valence-corrected chi connectivity index (χ3v) is 4.94. The molecule has 6 nitrogen and oxygen atoms in total. The van der Waals surface area contributed by atoms with Crippen LogP contribution in [-0.2, 0) is 14.3 Å². The summed E-state index contributed by atoms with van der Waals surface area (Å²) in [4.78, 5) is 37.8. The number of nitrogens with one attached hydrogen (secondary N) is 1. The van der Waals surface area contributed by atoms with Crippen LogP contribution in [0.4, 0.5) is 10.1 Å². The van der Waals surface area contributed by atoms with E-state index < -0.39 is 17.7 Å². The van der Waals surface area contributed by atoms with E-state index in [4.69, 9.17) is 0 Å². The third kappa shape index (κ3) is 3.65. The van der Waals surface area contributed by atoms with E-state index in [1.165, 1.54) is 19.2 Å². The van der Waals surface area contributed by atoms with E-state index in [2.05, 4.69) is 10.1 Å². The van der Waals surface area contributed by atoms with Gasteiger partial charge in [-0.3, -0.25) is 9.59 Å². The minimum Gasteiger partial charge on any atom is -0.465 e. The average Bonchev–Trinajstić information content (AvgIpc) is 3.25. The molecule has 1 saturated heterocycles. The summed E-state index contributed by atoms with van der Waals surface area (Å²) in [5.74, 6) is -2.22. The van der Waals surface area contributed by atoms with Gasteiger partial charge in [-0.25, -0.2) is 9.18 Å². The summed E-state index contributed by atoms with van der Waals surface area (Å²) in [6.07, 6.45) is 4.36. The lowest BCUT2D eigenvalue weighted by Crippen LogP contribution is -2.35. The predicted molar refractivity (Wildman–Crippen MR) is 88.4 cm³/mol. The number of esters is 1. The summed E-state index contributed by atoms with van der Waals surface area (Å²) in [6.45, 7) is 0.386. The number of benzene rings is 1. The average molecular weight is 348 g/mol. The van der Waals surface area contributed by atoms with Crippen LogP contribution in [0, 0.1) is 11.7 Å². The quantitative estimate of drug-likeness (QED) is 0.848. The van der Waals surface area contributed by atoms with E-state index in [1.807, 2.05) is 0 Å². The first-order chi connectivity index (χ1) is 12.0. The highest BCUT2D eigenvalue weighted by Gasteiger charge is 2.38. The summed E-state index contributed by atoms with van der Waals surface area (Å²) in [7, 11) is 1.21. The van der Waals surface area contributed by atoms with Gasteiger partial charge in [0, 0.05) is 19.0 Å². The summed E-state index contributed by atoms with van der Waals surface area (Å²) in [5, 5.41) is 2.52. The summed E-state index contributed by atoms with van der Waals surface area (Å²) in [6, 6.07) is 3.97. The molecule has 7 heteroatoms. The van der Waals surface area contributed by atoms with Crippen molar-refractivity contribution in [1.29, 1.82) is 0 Å². The molecule has 1 N–H and O–H groups in total. The van der Waals surface area contributed by atoms with Crippen LogP contribution in [-0.4, -0.2) is 42.4 Å². The largest absolute Gasteiger partial charge is 0.465 e. The van der Waals surface area contributed by atoms with Gasteiger partial charge in [0.25, 0.3) is 0 Å². The summed E-state index contributed by atoms with van der Waals surface area (Å²) >= 11 is 0. The molecule has 0 spiro atoms. The van der Waals surface area contributed by atoms with E-state index in [0.29, 0.717) is 6.54 Å². The molecule has 0 radical (unpaired) electrons. The SMILES string of the molecule is COC(=O)c1ccc(NC(=O)C2CC(=O)N(C3CCCC3)C2)c(F)c1. The monoisotopic (exact) mass is 348 g/mol. The molecule has 25 heavy (non-hydrogen) atoms. The predicted octanol–water partition coefficient (Wildman–Crippen LogP) is 2.34. The molecule has 134 valence electrons. The van der Waals surface area contributed by atoms with Crippen LogP contribution in [0.3, 0.4) is 0 Å². The van der Waals surface area contributed by atoms with Gasteiger partial charge in [-0.05, 0) is 31.0 Å². The van der Waals surface area contributed by atoms with Crippen molar-refractivity contribution in [1.82, 2.24) is 4.90 Å². The number of hydrogen-bond donors (Lipinski definition) is 1. The second-order valence-electron chi connectivity index (χ2n) is 6.56.